The van der Waals surface area contributed by atoms with Crippen molar-refractivity contribution >= 4 is 11.6 Å². The van der Waals surface area contributed by atoms with Crippen LogP contribution in [0.15, 0.2) is 53.5 Å². The number of hydrogen-bond acceptors (Lipinski definition) is 4. The minimum atomic E-state index is -0.124. The first-order valence-electron chi connectivity index (χ1n) is 10.0. The molecule has 1 aromatic heterocycles. The molecule has 0 bridgehead atoms. The molecular formula is C22H27N3O3. The van der Waals surface area contributed by atoms with Gasteiger partial charge in [-0.3, -0.25) is 9.59 Å². The molecule has 2 aromatic rings. The number of carbonyl (C=O) groups excluding carboxylic acids is 1. The Morgan fingerprint density at radius 2 is 2.00 bits per heavy atom. The van der Waals surface area contributed by atoms with E-state index in [1.165, 1.54) is 29.2 Å². The van der Waals surface area contributed by atoms with Crippen molar-refractivity contribution in [3.8, 4) is 0 Å². The highest BCUT2D eigenvalue weighted by Crippen LogP contribution is 2.51. The monoisotopic (exact) mass is 381 g/mol. The molecule has 1 aromatic carbocycles. The molecule has 1 spiro atoms. The first-order valence-corrected chi connectivity index (χ1v) is 10.0. The third-order valence-corrected chi connectivity index (χ3v) is 5.76. The van der Waals surface area contributed by atoms with E-state index < -0.39 is 0 Å². The maximum absolute atomic E-state index is 12.8. The molecule has 0 radical (unpaired) electrons. The Balaban J connectivity index is 1.43. The number of nitrogens with zero attached hydrogens (tertiary/aromatic N) is 2. The highest BCUT2D eigenvalue weighted by molar-refractivity contribution is 5.94. The molecule has 1 saturated carbocycles. The summed E-state index contributed by atoms with van der Waals surface area (Å²) in [7, 11) is 0. The second kappa shape index (κ2) is 7.80. The topological polar surface area (TPSA) is 63.6 Å². The summed E-state index contributed by atoms with van der Waals surface area (Å²) in [5.41, 5.74) is 1.82. The molecule has 4 rings (SSSR count). The van der Waals surface area contributed by atoms with Gasteiger partial charge in [0.1, 0.15) is 0 Å². The van der Waals surface area contributed by atoms with E-state index in [9.17, 15) is 9.59 Å². The van der Waals surface area contributed by atoms with E-state index in [2.05, 4.69) is 34.5 Å². The van der Waals surface area contributed by atoms with Crippen LogP contribution in [-0.4, -0.2) is 41.8 Å². The van der Waals surface area contributed by atoms with Gasteiger partial charge in [0.15, 0.2) is 0 Å². The van der Waals surface area contributed by atoms with Crippen LogP contribution >= 0.6 is 0 Å². The summed E-state index contributed by atoms with van der Waals surface area (Å²) >= 11 is 0. The molecule has 1 saturated heterocycles. The van der Waals surface area contributed by atoms with Crippen LogP contribution in [0.2, 0.25) is 0 Å². The number of para-hydroxylation sites is 1. The summed E-state index contributed by atoms with van der Waals surface area (Å²) in [6, 6.07) is 13.6. The zero-order valence-corrected chi connectivity index (χ0v) is 16.3. The zero-order chi connectivity index (χ0) is 19.6. The average Bonchev–Trinajstić information content (AvgIpc) is 3.38. The third-order valence-electron chi connectivity index (χ3n) is 5.76. The lowest BCUT2D eigenvalue weighted by atomic mass is 10.1. The third kappa shape index (κ3) is 3.83. The molecule has 1 amide bonds. The molecule has 6 heteroatoms. The Morgan fingerprint density at radius 3 is 2.71 bits per heavy atom. The van der Waals surface area contributed by atoms with Gasteiger partial charge in [-0.25, -0.2) is 0 Å². The molecule has 2 aliphatic rings. The van der Waals surface area contributed by atoms with Gasteiger partial charge in [0, 0.05) is 49.2 Å². The summed E-state index contributed by atoms with van der Waals surface area (Å²) in [6.07, 6.45) is 4.96. The number of anilines is 1. The van der Waals surface area contributed by atoms with Crippen LogP contribution in [0.3, 0.4) is 0 Å². The predicted molar refractivity (Wildman–Crippen MR) is 109 cm³/mol. The molecule has 1 aliphatic heterocycles. The minimum Gasteiger partial charge on any atom is -0.380 e. The Kier molecular flexibility index (Phi) is 5.22. The van der Waals surface area contributed by atoms with Gasteiger partial charge in [-0.15, -0.1) is 0 Å². The summed E-state index contributed by atoms with van der Waals surface area (Å²) < 4.78 is 6.86. The maximum Gasteiger partial charge on any atom is 0.253 e. The van der Waals surface area contributed by atoms with Crippen molar-refractivity contribution < 1.29 is 9.53 Å². The van der Waals surface area contributed by atoms with Gasteiger partial charge in [0.2, 0.25) is 0 Å². The van der Waals surface area contributed by atoms with Gasteiger partial charge in [-0.1, -0.05) is 18.2 Å². The first-order chi connectivity index (χ1) is 13.6. The van der Waals surface area contributed by atoms with Crippen LogP contribution in [-0.2, 0) is 11.3 Å². The van der Waals surface area contributed by atoms with E-state index in [0.717, 1.165) is 13.0 Å². The Bertz CT molecular complexity index is 889. The SMILES string of the molecule is CCOCCn1cc(C(=O)N[C@H]2CN(c3ccccc3)C3(CC3)C2)ccc1=O. The number of ether oxygens (including phenoxy) is 1. The predicted octanol–water partition coefficient (Wildman–Crippen LogP) is 2.43. The molecule has 1 atom stereocenters. The lowest BCUT2D eigenvalue weighted by Crippen LogP contribution is -2.38. The van der Waals surface area contributed by atoms with E-state index in [1.807, 2.05) is 13.0 Å². The van der Waals surface area contributed by atoms with Crippen LogP contribution in [0.1, 0.15) is 36.5 Å². The van der Waals surface area contributed by atoms with E-state index >= 15 is 0 Å². The van der Waals surface area contributed by atoms with Crippen molar-refractivity contribution in [1.82, 2.24) is 9.88 Å². The summed E-state index contributed by atoms with van der Waals surface area (Å²) in [5.74, 6) is -0.124. The first kappa shape index (κ1) is 18.7. The fourth-order valence-corrected chi connectivity index (χ4v) is 4.17. The second-order valence-corrected chi connectivity index (χ2v) is 7.69. The highest BCUT2D eigenvalue weighted by atomic mass is 16.5. The molecular weight excluding hydrogens is 354 g/mol. The summed E-state index contributed by atoms with van der Waals surface area (Å²) in [6.45, 7) is 4.25. The quantitative estimate of drug-likeness (QED) is 0.748. The number of pyridine rings is 1. The highest BCUT2D eigenvalue weighted by Gasteiger charge is 2.54. The van der Waals surface area contributed by atoms with Crippen molar-refractivity contribution in [3.63, 3.8) is 0 Å². The van der Waals surface area contributed by atoms with Crippen molar-refractivity contribution in [3.05, 3.63) is 64.6 Å². The zero-order valence-electron chi connectivity index (χ0n) is 16.3. The van der Waals surface area contributed by atoms with Gasteiger partial charge in [-0.05, 0) is 44.4 Å². The number of amides is 1. The minimum absolute atomic E-state index is 0.110. The average molecular weight is 381 g/mol. The van der Waals surface area contributed by atoms with Crippen LogP contribution in [0.5, 0.6) is 0 Å². The number of nitrogens with one attached hydrogen (secondary N) is 1. The van der Waals surface area contributed by atoms with Gasteiger partial charge < -0.3 is 19.5 Å². The summed E-state index contributed by atoms with van der Waals surface area (Å²) in [4.78, 5) is 27.2. The molecule has 2 heterocycles. The fourth-order valence-electron chi connectivity index (χ4n) is 4.17. The van der Waals surface area contributed by atoms with E-state index in [-0.39, 0.29) is 23.0 Å². The normalized spacial score (nSPS) is 19.8. The Labute approximate surface area is 165 Å². The van der Waals surface area contributed by atoms with Crippen LogP contribution < -0.4 is 15.8 Å². The second-order valence-electron chi connectivity index (χ2n) is 7.69. The molecule has 148 valence electrons. The van der Waals surface area contributed by atoms with Crippen molar-refractivity contribution in [2.24, 2.45) is 0 Å². The number of aromatic nitrogens is 1. The van der Waals surface area contributed by atoms with Gasteiger partial charge in [0.25, 0.3) is 11.5 Å². The Hall–Kier alpha value is -2.60. The van der Waals surface area contributed by atoms with E-state index in [4.69, 9.17) is 4.74 Å². The number of benzene rings is 1. The standard InChI is InChI=1S/C22H27N3O3/c1-2-28-13-12-24-15-17(8-9-20(24)26)21(27)23-18-14-22(10-11-22)25(16-18)19-6-4-3-5-7-19/h3-9,15,18H,2,10-14,16H2,1H3,(H,23,27)/t18-/m1/s1. The molecule has 1 N–H and O–H groups in total. The van der Waals surface area contributed by atoms with Gasteiger partial charge in [0.05, 0.1) is 12.2 Å². The number of hydrogen-bond donors (Lipinski definition) is 1. The smallest absolute Gasteiger partial charge is 0.253 e. The molecule has 2 fully saturated rings. The Morgan fingerprint density at radius 1 is 1.21 bits per heavy atom. The van der Waals surface area contributed by atoms with Crippen LogP contribution in [0.25, 0.3) is 0 Å². The molecule has 28 heavy (non-hydrogen) atoms. The number of rotatable bonds is 7. The lowest BCUT2D eigenvalue weighted by Gasteiger charge is -2.26. The van der Waals surface area contributed by atoms with Gasteiger partial charge in [-0.2, -0.15) is 0 Å². The van der Waals surface area contributed by atoms with Crippen molar-refractivity contribution in [1.29, 1.82) is 0 Å². The fraction of sp³-hybridized carbons (Fsp3) is 0.455. The molecule has 6 nitrogen and oxygen atoms in total. The summed E-state index contributed by atoms with van der Waals surface area (Å²) in [5, 5.41) is 3.18. The molecule has 1 aliphatic carbocycles. The van der Waals surface area contributed by atoms with Crippen LogP contribution in [0.4, 0.5) is 5.69 Å². The van der Waals surface area contributed by atoms with E-state index in [1.54, 1.807) is 12.3 Å². The maximum atomic E-state index is 12.8. The van der Waals surface area contributed by atoms with Crippen molar-refractivity contribution in [2.75, 3.05) is 24.7 Å². The lowest BCUT2D eigenvalue weighted by molar-refractivity contribution is 0.0938. The largest absolute Gasteiger partial charge is 0.380 e. The van der Waals surface area contributed by atoms with E-state index in [0.29, 0.717) is 25.3 Å². The number of carbonyl (C=O) groups is 1. The van der Waals surface area contributed by atoms with Crippen LogP contribution in [0, 0.1) is 0 Å². The van der Waals surface area contributed by atoms with Gasteiger partial charge >= 0.3 is 0 Å². The van der Waals surface area contributed by atoms with Crippen molar-refractivity contribution in [2.45, 2.75) is 44.3 Å². The molecule has 0 unspecified atom stereocenters.